The van der Waals surface area contributed by atoms with Crippen LogP contribution in [-0.2, 0) is 0 Å². The van der Waals surface area contributed by atoms with Crippen LogP contribution in [0.4, 0.5) is 0 Å². The topological polar surface area (TPSA) is 9.23 Å². The van der Waals surface area contributed by atoms with Gasteiger partial charge in [-0.25, -0.2) is 0 Å². The highest BCUT2D eigenvalue weighted by Gasteiger charge is 2.17. The van der Waals surface area contributed by atoms with Crippen LogP contribution in [0.15, 0.2) is 36.4 Å². The molecule has 0 heterocycles. The smallest absolute Gasteiger partial charge is 0.119 e. The van der Waals surface area contributed by atoms with Crippen molar-refractivity contribution in [3.05, 3.63) is 42.0 Å². The lowest BCUT2D eigenvalue weighted by atomic mass is 9.81. The van der Waals surface area contributed by atoms with Crippen molar-refractivity contribution in [1.29, 1.82) is 0 Å². The van der Waals surface area contributed by atoms with Gasteiger partial charge in [-0.05, 0) is 74.4 Å². The zero-order valence-electron chi connectivity index (χ0n) is 17.1. The Morgan fingerprint density at radius 2 is 1.67 bits per heavy atom. The molecule has 0 radical (unpaired) electrons. The van der Waals surface area contributed by atoms with Gasteiger partial charge in [0, 0.05) is 11.5 Å². The Labute approximate surface area is 166 Å². The summed E-state index contributed by atoms with van der Waals surface area (Å²) in [5, 5.41) is 0. The lowest BCUT2D eigenvalue weighted by molar-refractivity contribution is 0.305. The normalized spacial score (nSPS) is 19.0. The first-order valence-electron chi connectivity index (χ1n) is 10.7. The van der Waals surface area contributed by atoms with Crippen LogP contribution in [0.5, 0.6) is 5.75 Å². The first-order chi connectivity index (χ1) is 13.3. The number of ether oxygens (including phenoxy) is 1. The zero-order chi connectivity index (χ0) is 19.2. The predicted octanol–water partition coefficient (Wildman–Crippen LogP) is 6.77. The summed E-state index contributed by atoms with van der Waals surface area (Å²) >= 11 is 0. The quantitative estimate of drug-likeness (QED) is 0.384. The monoisotopic (exact) mass is 362 g/mol. The largest absolute Gasteiger partial charge is 0.494 e. The van der Waals surface area contributed by atoms with E-state index in [-0.39, 0.29) is 0 Å². The molecule has 0 bridgehead atoms. The first-order valence-corrected chi connectivity index (χ1v) is 10.7. The molecule has 0 aliphatic heterocycles. The minimum Gasteiger partial charge on any atom is -0.494 e. The van der Waals surface area contributed by atoms with Crippen LogP contribution in [0.25, 0.3) is 0 Å². The lowest BCUT2D eigenvalue weighted by Crippen LogP contribution is -2.12. The highest BCUT2D eigenvalue weighted by atomic mass is 16.5. The second kappa shape index (κ2) is 13.1. The van der Waals surface area contributed by atoms with Gasteiger partial charge in [-0.1, -0.05) is 63.2 Å². The summed E-state index contributed by atoms with van der Waals surface area (Å²) in [5.41, 5.74) is 1.00. The van der Waals surface area contributed by atoms with Gasteiger partial charge in [0.15, 0.2) is 0 Å². The van der Waals surface area contributed by atoms with Crippen molar-refractivity contribution in [3.8, 4) is 29.4 Å². The van der Waals surface area contributed by atoms with Gasteiger partial charge >= 0.3 is 0 Å². The van der Waals surface area contributed by atoms with Crippen LogP contribution in [0, 0.1) is 35.5 Å². The van der Waals surface area contributed by atoms with Crippen LogP contribution in [0.1, 0.15) is 77.2 Å². The molecule has 1 nitrogen and oxygen atoms in total. The molecule has 1 aliphatic carbocycles. The standard InChI is InChI=1S/C26H34O/c1-3-5-6-11-22-27-26-20-18-25(19-21-26)13-10-8-7-9-12-24-16-14-23(4-2)15-17-24/h7-8,18-21,23-24H,3-6,11,14-17,22H2,1-2H3/b8-7+. The lowest BCUT2D eigenvalue weighted by Gasteiger charge is -2.24. The van der Waals surface area contributed by atoms with Crippen LogP contribution >= 0.6 is 0 Å². The molecule has 2 rings (SSSR count). The van der Waals surface area contributed by atoms with Gasteiger partial charge in [-0.3, -0.25) is 0 Å². The fourth-order valence-corrected chi connectivity index (χ4v) is 3.44. The molecule has 1 saturated carbocycles. The van der Waals surface area contributed by atoms with E-state index < -0.39 is 0 Å². The summed E-state index contributed by atoms with van der Waals surface area (Å²) in [6.45, 7) is 5.32. The summed E-state index contributed by atoms with van der Waals surface area (Å²) in [4.78, 5) is 0. The van der Waals surface area contributed by atoms with E-state index in [1.54, 1.807) is 0 Å². The summed E-state index contributed by atoms with van der Waals surface area (Å²) in [6, 6.07) is 8.03. The van der Waals surface area contributed by atoms with E-state index in [9.17, 15) is 0 Å². The minimum atomic E-state index is 0.583. The van der Waals surface area contributed by atoms with Crippen LogP contribution in [0.3, 0.4) is 0 Å². The maximum atomic E-state index is 5.76. The Kier molecular flexibility index (Phi) is 10.3. The average Bonchev–Trinajstić information content (AvgIpc) is 2.72. The van der Waals surface area contributed by atoms with Gasteiger partial charge in [0.1, 0.15) is 5.75 Å². The number of hydrogen-bond donors (Lipinski definition) is 0. The molecule has 1 fully saturated rings. The van der Waals surface area contributed by atoms with Crippen molar-refractivity contribution >= 4 is 0 Å². The van der Waals surface area contributed by atoms with Crippen LogP contribution < -0.4 is 4.74 Å². The number of benzene rings is 1. The van der Waals surface area contributed by atoms with E-state index in [0.29, 0.717) is 5.92 Å². The van der Waals surface area contributed by atoms with Crippen molar-refractivity contribution in [2.24, 2.45) is 11.8 Å². The number of hydrogen-bond acceptors (Lipinski definition) is 1. The van der Waals surface area contributed by atoms with Gasteiger partial charge < -0.3 is 4.74 Å². The van der Waals surface area contributed by atoms with E-state index >= 15 is 0 Å². The Balaban J connectivity index is 1.69. The Bertz CT molecular complexity index is 667. The number of allylic oxidation sites excluding steroid dienone is 2. The third-order valence-electron chi connectivity index (χ3n) is 5.30. The maximum absolute atomic E-state index is 5.76. The summed E-state index contributed by atoms with van der Waals surface area (Å²) in [7, 11) is 0. The molecule has 0 saturated heterocycles. The van der Waals surface area contributed by atoms with Crippen molar-refractivity contribution in [3.63, 3.8) is 0 Å². The minimum absolute atomic E-state index is 0.583. The van der Waals surface area contributed by atoms with Crippen LogP contribution in [-0.4, -0.2) is 6.61 Å². The highest BCUT2D eigenvalue weighted by molar-refractivity contribution is 5.40. The molecule has 1 aromatic carbocycles. The Morgan fingerprint density at radius 3 is 2.37 bits per heavy atom. The Hall–Kier alpha value is -2.12. The third-order valence-corrected chi connectivity index (χ3v) is 5.30. The summed E-state index contributed by atoms with van der Waals surface area (Å²) < 4.78 is 5.76. The van der Waals surface area contributed by atoms with E-state index in [0.717, 1.165) is 30.3 Å². The Morgan fingerprint density at radius 1 is 0.926 bits per heavy atom. The van der Waals surface area contributed by atoms with Crippen molar-refractivity contribution in [2.45, 2.75) is 71.6 Å². The molecule has 0 aromatic heterocycles. The zero-order valence-corrected chi connectivity index (χ0v) is 17.1. The molecule has 144 valence electrons. The fourth-order valence-electron chi connectivity index (χ4n) is 3.44. The van der Waals surface area contributed by atoms with Crippen molar-refractivity contribution in [1.82, 2.24) is 0 Å². The van der Waals surface area contributed by atoms with Gasteiger partial charge in [-0.2, -0.15) is 0 Å². The molecule has 1 aliphatic rings. The molecular weight excluding hydrogens is 328 g/mol. The molecule has 0 unspecified atom stereocenters. The van der Waals surface area contributed by atoms with E-state index in [2.05, 4.69) is 37.5 Å². The van der Waals surface area contributed by atoms with Gasteiger partial charge in [0.2, 0.25) is 0 Å². The molecule has 0 amide bonds. The van der Waals surface area contributed by atoms with Gasteiger partial charge in [-0.15, -0.1) is 0 Å². The molecule has 0 N–H and O–H groups in total. The highest BCUT2D eigenvalue weighted by Crippen LogP contribution is 2.29. The van der Waals surface area contributed by atoms with Crippen molar-refractivity contribution in [2.75, 3.05) is 6.61 Å². The molecular formula is C26H34O. The van der Waals surface area contributed by atoms with Crippen molar-refractivity contribution < 1.29 is 4.74 Å². The molecule has 0 spiro atoms. The summed E-state index contributed by atoms with van der Waals surface area (Å²) in [5.74, 6) is 15.2. The maximum Gasteiger partial charge on any atom is 0.119 e. The third kappa shape index (κ3) is 8.88. The molecule has 1 heteroatoms. The number of rotatable bonds is 7. The fraction of sp³-hybridized carbons (Fsp3) is 0.538. The molecule has 1 aromatic rings. The second-order valence-corrected chi connectivity index (χ2v) is 7.45. The van der Waals surface area contributed by atoms with Crippen LogP contribution in [0.2, 0.25) is 0 Å². The van der Waals surface area contributed by atoms with E-state index in [1.807, 2.05) is 36.4 Å². The van der Waals surface area contributed by atoms with Gasteiger partial charge in [0.05, 0.1) is 6.61 Å². The second-order valence-electron chi connectivity index (χ2n) is 7.45. The SMILES string of the molecule is CCCCCCOc1ccc(C#C/C=C/C#CC2CCC(CC)CC2)cc1. The van der Waals surface area contributed by atoms with E-state index in [1.165, 1.54) is 51.4 Å². The molecule has 27 heavy (non-hydrogen) atoms. The first kappa shape index (κ1) is 21.2. The summed E-state index contributed by atoms with van der Waals surface area (Å²) in [6.07, 6.45) is 15.2. The van der Waals surface area contributed by atoms with Gasteiger partial charge in [0.25, 0.3) is 0 Å². The molecule has 0 atom stereocenters. The van der Waals surface area contributed by atoms with E-state index in [4.69, 9.17) is 4.74 Å². The predicted molar refractivity (Wildman–Crippen MR) is 116 cm³/mol. The average molecular weight is 363 g/mol. The number of unbranched alkanes of at least 4 members (excludes halogenated alkanes) is 3.